The molecule has 6 nitrogen and oxygen atoms in total. The lowest BCUT2D eigenvalue weighted by Gasteiger charge is -2.16. The van der Waals surface area contributed by atoms with E-state index in [4.69, 9.17) is 0 Å². The van der Waals surface area contributed by atoms with Crippen LogP contribution in [0, 0.1) is 0 Å². The Morgan fingerprint density at radius 2 is 2.50 bits per heavy atom. The first-order valence-electron chi connectivity index (χ1n) is 5.70. The second-order valence-electron chi connectivity index (χ2n) is 4.00. The molecule has 1 atom stereocenters. The summed E-state index contributed by atoms with van der Waals surface area (Å²) >= 11 is 0. The van der Waals surface area contributed by atoms with Crippen molar-refractivity contribution in [3.8, 4) is 0 Å². The minimum absolute atomic E-state index is 0.0319. The molecule has 1 unspecified atom stereocenters. The van der Waals surface area contributed by atoms with E-state index in [0.717, 1.165) is 32.5 Å². The van der Waals surface area contributed by atoms with Gasteiger partial charge in [0.25, 0.3) is 0 Å². The van der Waals surface area contributed by atoms with Gasteiger partial charge in [0.1, 0.15) is 0 Å². The Bertz CT molecular complexity index is 337. The average molecular weight is 223 g/mol. The number of carbonyl (C=O) groups excluding carboxylic acids is 1. The van der Waals surface area contributed by atoms with E-state index in [1.54, 1.807) is 6.20 Å². The van der Waals surface area contributed by atoms with Crippen LogP contribution in [0.3, 0.4) is 0 Å². The maximum absolute atomic E-state index is 11.7. The lowest BCUT2D eigenvalue weighted by atomic mass is 10.3. The number of aromatic nitrogens is 3. The van der Waals surface area contributed by atoms with Crippen LogP contribution < -0.4 is 5.32 Å². The summed E-state index contributed by atoms with van der Waals surface area (Å²) in [5.41, 5.74) is 0. The number of amides is 2. The Morgan fingerprint density at radius 3 is 3.19 bits per heavy atom. The molecule has 0 radical (unpaired) electrons. The van der Waals surface area contributed by atoms with Gasteiger partial charge >= 0.3 is 6.03 Å². The molecule has 0 saturated carbocycles. The van der Waals surface area contributed by atoms with Crippen LogP contribution in [-0.2, 0) is 0 Å². The molecule has 0 aliphatic carbocycles. The molecule has 0 bridgehead atoms. The van der Waals surface area contributed by atoms with Crippen LogP contribution >= 0.6 is 0 Å². The predicted molar refractivity (Wildman–Crippen MR) is 58.9 cm³/mol. The van der Waals surface area contributed by atoms with Crippen LogP contribution in [0.2, 0.25) is 0 Å². The monoisotopic (exact) mass is 223 g/mol. The van der Waals surface area contributed by atoms with E-state index < -0.39 is 0 Å². The highest BCUT2D eigenvalue weighted by Gasteiger charge is 2.27. The zero-order valence-corrected chi connectivity index (χ0v) is 9.46. The largest absolute Gasteiger partial charge is 0.338 e. The summed E-state index contributed by atoms with van der Waals surface area (Å²) in [6.07, 6.45) is 5.42. The summed E-state index contributed by atoms with van der Waals surface area (Å²) in [4.78, 5) is 13.5. The summed E-state index contributed by atoms with van der Waals surface area (Å²) in [5, 5.41) is 10.6. The fourth-order valence-corrected chi connectivity index (χ4v) is 1.90. The number of hydrogen-bond acceptors (Lipinski definition) is 3. The van der Waals surface area contributed by atoms with Crippen LogP contribution in [0.1, 0.15) is 25.8 Å². The minimum Gasteiger partial charge on any atom is -0.338 e. The molecule has 1 N–H and O–H groups in total. The van der Waals surface area contributed by atoms with Crippen LogP contribution in [0.5, 0.6) is 0 Å². The lowest BCUT2D eigenvalue weighted by molar-refractivity contribution is 0.207. The highest BCUT2D eigenvalue weighted by Crippen LogP contribution is 2.19. The fourth-order valence-electron chi connectivity index (χ4n) is 1.90. The van der Waals surface area contributed by atoms with E-state index in [1.165, 1.54) is 0 Å². The number of nitrogens with one attached hydrogen (secondary N) is 1. The predicted octanol–water partition coefficient (Wildman–Crippen LogP) is 0.644. The SMILES string of the molecule is CCCNC(=O)N1CCC(n2ccnn2)C1. The highest BCUT2D eigenvalue weighted by atomic mass is 16.2. The van der Waals surface area contributed by atoms with Gasteiger partial charge < -0.3 is 10.2 Å². The van der Waals surface area contributed by atoms with Crippen LogP contribution in [0.4, 0.5) is 4.79 Å². The van der Waals surface area contributed by atoms with Gasteiger partial charge in [-0.2, -0.15) is 0 Å². The van der Waals surface area contributed by atoms with Crippen molar-refractivity contribution in [2.45, 2.75) is 25.8 Å². The van der Waals surface area contributed by atoms with Crippen molar-refractivity contribution in [3.63, 3.8) is 0 Å². The summed E-state index contributed by atoms with van der Waals surface area (Å²) in [6.45, 7) is 4.30. The first-order chi connectivity index (χ1) is 7.81. The Labute approximate surface area is 94.6 Å². The van der Waals surface area contributed by atoms with Gasteiger partial charge in [0.15, 0.2) is 0 Å². The Balaban J connectivity index is 1.86. The molecule has 2 heterocycles. The van der Waals surface area contributed by atoms with E-state index in [9.17, 15) is 4.79 Å². The zero-order chi connectivity index (χ0) is 11.4. The first-order valence-corrected chi connectivity index (χ1v) is 5.70. The highest BCUT2D eigenvalue weighted by molar-refractivity contribution is 5.74. The molecule has 88 valence electrons. The number of hydrogen-bond donors (Lipinski definition) is 1. The molecule has 1 aromatic heterocycles. The van der Waals surface area contributed by atoms with Crippen LogP contribution in [-0.4, -0.2) is 45.6 Å². The molecule has 1 aliphatic rings. The standard InChI is InChI=1S/C10H17N5O/c1-2-4-11-10(16)14-6-3-9(8-14)15-7-5-12-13-15/h5,7,9H,2-4,6,8H2,1H3,(H,11,16). The topological polar surface area (TPSA) is 63.1 Å². The maximum Gasteiger partial charge on any atom is 0.317 e. The van der Waals surface area contributed by atoms with E-state index >= 15 is 0 Å². The zero-order valence-electron chi connectivity index (χ0n) is 9.46. The molecule has 6 heteroatoms. The van der Waals surface area contributed by atoms with Gasteiger partial charge in [-0.25, -0.2) is 9.48 Å². The summed E-state index contributed by atoms with van der Waals surface area (Å²) < 4.78 is 1.83. The number of carbonyl (C=O) groups is 1. The third kappa shape index (κ3) is 2.32. The van der Waals surface area contributed by atoms with E-state index in [0.29, 0.717) is 0 Å². The molecule has 1 fully saturated rings. The summed E-state index contributed by atoms with van der Waals surface area (Å²) in [6, 6.07) is 0.305. The van der Waals surface area contributed by atoms with Crippen LogP contribution in [0.25, 0.3) is 0 Å². The number of urea groups is 1. The third-order valence-electron chi connectivity index (χ3n) is 2.79. The van der Waals surface area contributed by atoms with Gasteiger partial charge in [0.2, 0.25) is 0 Å². The van der Waals surface area contributed by atoms with Crippen molar-refractivity contribution in [1.82, 2.24) is 25.2 Å². The molecular formula is C10H17N5O. The molecule has 1 aliphatic heterocycles. The van der Waals surface area contributed by atoms with E-state index in [1.807, 2.05) is 22.7 Å². The molecule has 0 aromatic carbocycles. The quantitative estimate of drug-likeness (QED) is 0.818. The molecule has 2 amide bonds. The average Bonchev–Trinajstić information content (AvgIpc) is 2.94. The molecule has 0 spiro atoms. The molecule has 2 rings (SSSR count). The Kier molecular flexibility index (Phi) is 3.38. The summed E-state index contributed by atoms with van der Waals surface area (Å²) in [7, 11) is 0. The van der Waals surface area contributed by atoms with Gasteiger partial charge in [-0.1, -0.05) is 12.1 Å². The lowest BCUT2D eigenvalue weighted by Crippen LogP contribution is -2.38. The van der Waals surface area contributed by atoms with Gasteiger partial charge in [-0.05, 0) is 12.8 Å². The third-order valence-corrected chi connectivity index (χ3v) is 2.79. The number of likely N-dealkylation sites (tertiary alicyclic amines) is 1. The molecule has 1 aromatic rings. The number of nitrogens with zero attached hydrogens (tertiary/aromatic N) is 4. The second kappa shape index (κ2) is 4.96. The van der Waals surface area contributed by atoms with Crippen molar-refractivity contribution in [1.29, 1.82) is 0 Å². The second-order valence-corrected chi connectivity index (χ2v) is 4.00. The molecule has 16 heavy (non-hydrogen) atoms. The van der Waals surface area contributed by atoms with E-state index in [-0.39, 0.29) is 12.1 Å². The Morgan fingerprint density at radius 1 is 1.62 bits per heavy atom. The first kappa shape index (κ1) is 10.9. The van der Waals surface area contributed by atoms with Crippen molar-refractivity contribution in [2.75, 3.05) is 19.6 Å². The van der Waals surface area contributed by atoms with Crippen molar-refractivity contribution >= 4 is 6.03 Å². The van der Waals surface area contributed by atoms with Crippen molar-refractivity contribution in [3.05, 3.63) is 12.4 Å². The van der Waals surface area contributed by atoms with Gasteiger partial charge in [-0.3, -0.25) is 0 Å². The maximum atomic E-state index is 11.7. The molecular weight excluding hydrogens is 206 g/mol. The van der Waals surface area contributed by atoms with Gasteiger partial charge in [0.05, 0.1) is 12.2 Å². The van der Waals surface area contributed by atoms with Crippen molar-refractivity contribution in [2.24, 2.45) is 0 Å². The van der Waals surface area contributed by atoms with Crippen LogP contribution in [0.15, 0.2) is 12.4 Å². The normalized spacial score (nSPS) is 20.1. The Hall–Kier alpha value is -1.59. The number of rotatable bonds is 3. The smallest absolute Gasteiger partial charge is 0.317 e. The van der Waals surface area contributed by atoms with Crippen molar-refractivity contribution < 1.29 is 4.79 Å². The molecule has 1 saturated heterocycles. The van der Waals surface area contributed by atoms with E-state index in [2.05, 4.69) is 15.6 Å². The summed E-state index contributed by atoms with van der Waals surface area (Å²) in [5.74, 6) is 0. The van der Waals surface area contributed by atoms with Gasteiger partial charge in [0, 0.05) is 25.8 Å². The minimum atomic E-state index is 0.0319. The van der Waals surface area contributed by atoms with Gasteiger partial charge in [-0.15, -0.1) is 5.10 Å². The fraction of sp³-hybridized carbons (Fsp3) is 0.700.